The molecular weight excluding hydrogens is 224 g/mol. The monoisotopic (exact) mass is 238 g/mol. The van der Waals surface area contributed by atoms with Crippen LogP contribution in [0, 0.1) is 0 Å². The maximum absolute atomic E-state index is 10.8. The highest BCUT2D eigenvalue weighted by Gasteiger charge is 2.15. The quantitative estimate of drug-likeness (QED) is 0.701. The summed E-state index contributed by atoms with van der Waals surface area (Å²) >= 11 is 1.93. The zero-order chi connectivity index (χ0) is 11.5. The summed E-state index contributed by atoms with van der Waals surface area (Å²) in [6.07, 6.45) is 1.14. The van der Waals surface area contributed by atoms with Gasteiger partial charge >= 0.3 is 5.97 Å². The fraction of sp³-hybridized carbons (Fsp3) is 0.364. The van der Waals surface area contributed by atoms with Gasteiger partial charge in [-0.1, -0.05) is 0 Å². The number of carbonyl (C=O) groups is 1. The van der Waals surface area contributed by atoms with Gasteiger partial charge in [-0.05, 0) is 30.4 Å². The molecule has 0 amide bonds. The SMILES string of the molecule is Nc1cc(NC2CCSC2)ccc1C(=O)O. The molecule has 1 aromatic rings. The van der Waals surface area contributed by atoms with Gasteiger partial charge in [0.05, 0.1) is 5.56 Å². The van der Waals surface area contributed by atoms with Crippen LogP contribution in [0.1, 0.15) is 16.8 Å². The summed E-state index contributed by atoms with van der Waals surface area (Å²) < 4.78 is 0. The largest absolute Gasteiger partial charge is 0.478 e. The summed E-state index contributed by atoms with van der Waals surface area (Å²) in [5.41, 5.74) is 7.04. The first-order valence-electron chi connectivity index (χ1n) is 5.14. The van der Waals surface area contributed by atoms with Gasteiger partial charge < -0.3 is 16.2 Å². The lowest BCUT2D eigenvalue weighted by atomic mass is 10.1. The predicted octanol–water partition coefficient (Wildman–Crippen LogP) is 1.88. The van der Waals surface area contributed by atoms with E-state index in [4.69, 9.17) is 10.8 Å². The van der Waals surface area contributed by atoms with E-state index in [1.54, 1.807) is 18.2 Å². The molecule has 1 heterocycles. The lowest BCUT2D eigenvalue weighted by molar-refractivity contribution is 0.0698. The maximum atomic E-state index is 10.8. The van der Waals surface area contributed by atoms with Gasteiger partial charge in [0, 0.05) is 23.2 Å². The second-order valence-corrected chi connectivity index (χ2v) is 4.96. The first-order chi connectivity index (χ1) is 7.66. The Hall–Kier alpha value is -1.36. The molecule has 1 saturated heterocycles. The van der Waals surface area contributed by atoms with Gasteiger partial charge in [0.15, 0.2) is 0 Å². The van der Waals surface area contributed by atoms with Crippen LogP contribution in [-0.2, 0) is 0 Å². The number of carboxylic acids is 1. The van der Waals surface area contributed by atoms with Crippen LogP contribution in [0.15, 0.2) is 18.2 Å². The summed E-state index contributed by atoms with van der Waals surface area (Å²) in [7, 11) is 0. The van der Waals surface area contributed by atoms with Gasteiger partial charge in [-0.2, -0.15) is 11.8 Å². The molecule has 1 aliphatic rings. The van der Waals surface area contributed by atoms with Crippen LogP contribution in [0.5, 0.6) is 0 Å². The van der Waals surface area contributed by atoms with E-state index in [-0.39, 0.29) is 5.56 Å². The Kier molecular flexibility index (Phi) is 3.24. The molecule has 4 N–H and O–H groups in total. The van der Waals surface area contributed by atoms with Crippen molar-refractivity contribution in [3.8, 4) is 0 Å². The third-order valence-electron chi connectivity index (χ3n) is 2.58. The second kappa shape index (κ2) is 4.65. The number of hydrogen-bond acceptors (Lipinski definition) is 4. The number of rotatable bonds is 3. The highest BCUT2D eigenvalue weighted by atomic mass is 32.2. The van der Waals surface area contributed by atoms with E-state index >= 15 is 0 Å². The average Bonchev–Trinajstić information content (AvgIpc) is 2.70. The van der Waals surface area contributed by atoms with Crippen molar-refractivity contribution in [3.63, 3.8) is 0 Å². The van der Waals surface area contributed by atoms with Crippen LogP contribution in [0.2, 0.25) is 0 Å². The number of nitrogen functional groups attached to an aromatic ring is 1. The second-order valence-electron chi connectivity index (χ2n) is 3.81. The van der Waals surface area contributed by atoms with Crippen LogP contribution >= 0.6 is 11.8 Å². The summed E-state index contributed by atoms with van der Waals surface area (Å²) in [5, 5.41) is 12.2. The van der Waals surface area contributed by atoms with Crippen molar-refractivity contribution in [1.29, 1.82) is 0 Å². The van der Waals surface area contributed by atoms with Gasteiger partial charge in [-0.15, -0.1) is 0 Å². The summed E-state index contributed by atoms with van der Waals surface area (Å²) in [5.74, 6) is 1.29. The van der Waals surface area contributed by atoms with E-state index in [9.17, 15) is 4.79 Å². The van der Waals surface area contributed by atoms with Crippen LogP contribution in [0.4, 0.5) is 11.4 Å². The standard InChI is InChI=1S/C11H14N2O2S/c12-10-5-7(1-2-9(10)11(14)15)13-8-3-4-16-6-8/h1-2,5,8,13H,3-4,6,12H2,(H,14,15). The first-order valence-corrected chi connectivity index (χ1v) is 6.29. The zero-order valence-corrected chi connectivity index (χ0v) is 9.59. The fourth-order valence-electron chi connectivity index (χ4n) is 1.73. The van der Waals surface area contributed by atoms with Crippen molar-refractivity contribution in [3.05, 3.63) is 23.8 Å². The van der Waals surface area contributed by atoms with Gasteiger partial charge in [0.2, 0.25) is 0 Å². The number of carboxylic acid groups (broad SMARTS) is 1. The van der Waals surface area contributed by atoms with Gasteiger partial charge in [0.25, 0.3) is 0 Å². The Morgan fingerprint density at radius 1 is 1.56 bits per heavy atom. The smallest absolute Gasteiger partial charge is 0.337 e. The minimum Gasteiger partial charge on any atom is -0.478 e. The Morgan fingerprint density at radius 3 is 2.94 bits per heavy atom. The first kappa shape index (κ1) is 11.1. The van der Waals surface area contributed by atoms with Gasteiger partial charge in [-0.3, -0.25) is 0 Å². The van der Waals surface area contributed by atoms with Crippen molar-refractivity contribution < 1.29 is 9.90 Å². The highest BCUT2D eigenvalue weighted by molar-refractivity contribution is 7.99. The third-order valence-corrected chi connectivity index (χ3v) is 3.74. The van der Waals surface area contributed by atoms with Gasteiger partial charge in [0.1, 0.15) is 0 Å². The van der Waals surface area contributed by atoms with E-state index < -0.39 is 5.97 Å². The van der Waals surface area contributed by atoms with Crippen LogP contribution < -0.4 is 11.1 Å². The van der Waals surface area contributed by atoms with Crippen molar-refractivity contribution in [2.45, 2.75) is 12.5 Å². The molecule has 1 aliphatic heterocycles. The normalized spacial score (nSPS) is 19.6. The van der Waals surface area contributed by atoms with Crippen LogP contribution in [0.3, 0.4) is 0 Å². The molecule has 5 heteroatoms. The Balaban J connectivity index is 2.11. The molecule has 1 fully saturated rings. The Morgan fingerprint density at radius 2 is 2.38 bits per heavy atom. The summed E-state index contributed by atoms with van der Waals surface area (Å²) in [6, 6.07) is 5.47. The lowest BCUT2D eigenvalue weighted by Gasteiger charge is -2.13. The van der Waals surface area contributed by atoms with Crippen molar-refractivity contribution in [1.82, 2.24) is 0 Å². The fourth-order valence-corrected chi connectivity index (χ4v) is 2.88. The van der Waals surface area contributed by atoms with Crippen molar-refractivity contribution >= 4 is 29.1 Å². The maximum Gasteiger partial charge on any atom is 0.337 e. The van der Waals surface area contributed by atoms with Crippen LogP contribution in [0.25, 0.3) is 0 Å². The van der Waals surface area contributed by atoms with E-state index in [0.717, 1.165) is 17.9 Å². The summed E-state index contributed by atoms with van der Waals surface area (Å²) in [6.45, 7) is 0. The molecule has 86 valence electrons. The molecule has 0 saturated carbocycles. The highest BCUT2D eigenvalue weighted by Crippen LogP contribution is 2.23. The van der Waals surface area contributed by atoms with E-state index in [1.807, 2.05) is 11.8 Å². The molecule has 0 spiro atoms. The number of anilines is 2. The molecule has 0 radical (unpaired) electrons. The Bertz CT molecular complexity index is 403. The minimum atomic E-state index is -0.986. The number of benzene rings is 1. The van der Waals surface area contributed by atoms with E-state index in [1.165, 1.54) is 5.75 Å². The van der Waals surface area contributed by atoms with Crippen molar-refractivity contribution in [2.24, 2.45) is 0 Å². The number of thioether (sulfide) groups is 1. The third kappa shape index (κ3) is 2.41. The average molecular weight is 238 g/mol. The number of hydrogen-bond donors (Lipinski definition) is 3. The topological polar surface area (TPSA) is 75.3 Å². The molecule has 0 aromatic heterocycles. The molecule has 0 bridgehead atoms. The molecule has 1 unspecified atom stereocenters. The molecule has 16 heavy (non-hydrogen) atoms. The lowest BCUT2D eigenvalue weighted by Crippen LogP contribution is -2.18. The predicted molar refractivity (Wildman–Crippen MR) is 67.2 cm³/mol. The van der Waals surface area contributed by atoms with Gasteiger partial charge in [-0.25, -0.2) is 4.79 Å². The molecule has 2 rings (SSSR count). The molecular formula is C11H14N2O2S. The summed E-state index contributed by atoms with van der Waals surface area (Å²) in [4.78, 5) is 10.8. The number of nitrogens with two attached hydrogens (primary N) is 1. The number of aromatic carboxylic acids is 1. The van der Waals surface area contributed by atoms with Crippen LogP contribution in [-0.4, -0.2) is 28.6 Å². The molecule has 0 aliphatic carbocycles. The van der Waals surface area contributed by atoms with E-state index in [2.05, 4.69) is 5.32 Å². The van der Waals surface area contributed by atoms with Crippen molar-refractivity contribution in [2.75, 3.05) is 22.6 Å². The molecule has 1 aromatic carbocycles. The van der Waals surface area contributed by atoms with E-state index in [0.29, 0.717) is 11.7 Å². The zero-order valence-electron chi connectivity index (χ0n) is 8.77. The minimum absolute atomic E-state index is 0.159. The Labute approximate surface area is 98.2 Å². The molecule has 1 atom stereocenters. The molecule has 4 nitrogen and oxygen atoms in total. The number of nitrogens with one attached hydrogen (secondary N) is 1.